The van der Waals surface area contributed by atoms with Gasteiger partial charge in [0.1, 0.15) is 0 Å². The van der Waals surface area contributed by atoms with Crippen molar-refractivity contribution in [3.05, 3.63) is 34.6 Å². The van der Waals surface area contributed by atoms with Gasteiger partial charge in [0.05, 0.1) is 6.61 Å². The Morgan fingerprint density at radius 2 is 2.11 bits per heavy atom. The van der Waals surface area contributed by atoms with Gasteiger partial charge in [0.25, 0.3) is 5.56 Å². The summed E-state index contributed by atoms with van der Waals surface area (Å²) in [6.07, 6.45) is 0. The Morgan fingerprint density at radius 3 is 2.78 bits per heavy atom. The minimum Gasteiger partial charge on any atom is -0.398 e. The molecule has 1 aromatic heterocycles. The Labute approximate surface area is 107 Å². The van der Waals surface area contributed by atoms with E-state index in [0.29, 0.717) is 22.2 Å². The summed E-state index contributed by atoms with van der Waals surface area (Å²) in [6.45, 7) is 0.0156. The lowest BCUT2D eigenvalue weighted by molar-refractivity contribution is 0.322. The first-order chi connectivity index (χ1) is 8.72. The maximum absolute atomic E-state index is 11.9. The Hall–Kier alpha value is -1.86. The number of nitrogen functional groups attached to an aromatic ring is 1. The average molecular weight is 264 g/mol. The number of aliphatic hydroxyl groups is 1. The summed E-state index contributed by atoms with van der Waals surface area (Å²) in [5.41, 5.74) is 6.67. The van der Waals surface area contributed by atoms with Crippen molar-refractivity contribution in [1.82, 2.24) is 15.2 Å². The van der Waals surface area contributed by atoms with Crippen LogP contribution in [0.2, 0.25) is 0 Å². The number of nitrogens with two attached hydrogens (primary N) is 1. The van der Waals surface area contributed by atoms with Gasteiger partial charge in [0.15, 0.2) is 10.9 Å². The van der Waals surface area contributed by atoms with Gasteiger partial charge < -0.3 is 10.8 Å². The van der Waals surface area contributed by atoms with Gasteiger partial charge >= 0.3 is 0 Å². The molecule has 0 bridgehead atoms. The van der Waals surface area contributed by atoms with E-state index >= 15 is 0 Å². The van der Waals surface area contributed by atoms with Crippen LogP contribution in [0.5, 0.6) is 0 Å². The summed E-state index contributed by atoms with van der Waals surface area (Å²) in [5.74, 6) is 0.456. The highest BCUT2D eigenvalue weighted by Gasteiger charge is 2.10. The van der Waals surface area contributed by atoms with E-state index in [2.05, 4.69) is 15.2 Å². The van der Waals surface area contributed by atoms with Crippen LogP contribution < -0.4 is 11.3 Å². The second-order valence-corrected chi connectivity index (χ2v) is 4.55. The van der Waals surface area contributed by atoms with Crippen molar-refractivity contribution in [2.75, 3.05) is 18.1 Å². The minimum atomic E-state index is -0.344. The maximum atomic E-state index is 11.9. The van der Waals surface area contributed by atoms with Gasteiger partial charge in [0.2, 0.25) is 0 Å². The van der Waals surface area contributed by atoms with Gasteiger partial charge in [-0.15, -0.1) is 10.2 Å². The molecule has 2 aromatic rings. The van der Waals surface area contributed by atoms with Gasteiger partial charge in [-0.3, -0.25) is 9.78 Å². The molecule has 94 valence electrons. The molecule has 0 radical (unpaired) electrons. The molecule has 0 unspecified atom stereocenters. The number of aromatic nitrogens is 3. The fourth-order valence-corrected chi connectivity index (χ4v) is 1.97. The van der Waals surface area contributed by atoms with Crippen molar-refractivity contribution in [3.8, 4) is 11.3 Å². The van der Waals surface area contributed by atoms with Crippen molar-refractivity contribution in [3.63, 3.8) is 0 Å². The number of benzene rings is 1. The average Bonchev–Trinajstić information content (AvgIpc) is 2.38. The number of aromatic amines is 1. The molecule has 0 saturated carbocycles. The number of anilines is 1. The first-order valence-electron chi connectivity index (χ1n) is 5.28. The predicted molar refractivity (Wildman–Crippen MR) is 70.3 cm³/mol. The van der Waals surface area contributed by atoms with Crippen LogP contribution >= 0.6 is 11.8 Å². The number of H-pyrrole nitrogens is 1. The number of hydrogen-bond acceptors (Lipinski definition) is 6. The van der Waals surface area contributed by atoms with E-state index in [0.717, 1.165) is 0 Å². The van der Waals surface area contributed by atoms with Crippen LogP contribution in [-0.2, 0) is 0 Å². The topological polar surface area (TPSA) is 105 Å². The van der Waals surface area contributed by atoms with E-state index in [1.807, 2.05) is 0 Å². The molecule has 0 aliphatic rings. The van der Waals surface area contributed by atoms with Crippen LogP contribution in [0.25, 0.3) is 11.3 Å². The third-order valence-corrected chi connectivity index (χ3v) is 3.07. The van der Waals surface area contributed by atoms with Crippen LogP contribution in [0.3, 0.4) is 0 Å². The molecule has 7 heteroatoms. The molecule has 18 heavy (non-hydrogen) atoms. The third-order valence-electron chi connectivity index (χ3n) is 2.22. The highest BCUT2D eigenvalue weighted by atomic mass is 32.2. The molecule has 0 aliphatic carbocycles. The van der Waals surface area contributed by atoms with Crippen LogP contribution in [0.15, 0.2) is 34.2 Å². The Kier molecular flexibility index (Phi) is 3.96. The normalized spacial score (nSPS) is 10.5. The second kappa shape index (κ2) is 5.65. The smallest absolute Gasteiger partial charge is 0.278 e. The molecule has 1 aromatic carbocycles. The summed E-state index contributed by atoms with van der Waals surface area (Å²) in [4.78, 5) is 14.5. The van der Waals surface area contributed by atoms with E-state index in [-0.39, 0.29) is 17.9 Å². The van der Waals surface area contributed by atoms with Crippen molar-refractivity contribution in [2.45, 2.75) is 5.16 Å². The zero-order valence-corrected chi connectivity index (χ0v) is 10.3. The highest BCUT2D eigenvalue weighted by molar-refractivity contribution is 7.99. The standard InChI is InChI=1S/C11H12N4O2S/c12-8-4-2-1-3-7(8)9-10(17)13-11(15-14-9)18-6-5-16/h1-4,16H,5-6,12H2,(H,13,15,17). The summed E-state index contributed by atoms with van der Waals surface area (Å²) >= 11 is 1.23. The number of rotatable bonds is 4. The van der Waals surface area contributed by atoms with Gasteiger partial charge in [0, 0.05) is 17.0 Å². The van der Waals surface area contributed by atoms with Gasteiger partial charge in [-0.25, -0.2) is 0 Å². The Bertz CT molecular complexity index is 600. The lowest BCUT2D eigenvalue weighted by Crippen LogP contribution is -2.15. The van der Waals surface area contributed by atoms with Crippen LogP contribution in [-0.4, -0.2) is 32.6 Å². The highest BCUT2D eigenvalue weighted by Crippen LogP contribution is 2.20. The molecule has 0 saturated heterocycles. The van der Waals surface area contributed by atoms with Crippen molar-refractivity contribution in [1.29, 1.82) is 0 Å². The number of nitrogens with one attached hydrogen (secondary N) is 1. The molecule has 0 fully saturated rings. The molecule has 0 amide bonds. The SMILES string of the molecule is Nc1ccccc1-c1nnc(SCCO)[nH]c1=O. The first-order valence-corrected chi connectivity index (χ1v) is 6.26. The second-order valence-electron chi connectivity index (χ2n) is 3.47. The lowest BCUT2D eigenvalue weighted by Gasteiger charge is -2.03. The third kappa shape index (κ3) is 2.69. The summed E-state index contributed by atoms with van der Waals surface area (Å²) in [7, 11) is 0. The zero-order valence-electron chi connectivity index (χ0n) is 9.46. The molecule has 6 nitrogen and oxygen atoms in total. The van der Waals surface area contributed by atoms with Gasteiger partial charge in [-0.1, -0.05) is 30.0 Å². The van der Waals surface area contributed by atoms with Crippen LogP contribution in [0.4, 0.5) is 5.69 Å². The molecule has 0 aliphatic heterocycles. The molecule has 0 spiro atoms. The lowest BCUT2D eigenvalue weighted by atomic mass is 10.1. The Balaban J connectivity index is 2.36. The van der Waals surface area contributed by atoms with E-state index in [1.165, 1.54) is 11.8 Å². The van der Waals surface area contributed by atoms with Crippen molar-refractivity contribution >= 4 is 17.4 Å². The number of thioether (sulfide) groups is 1. The van der Waals surface area contributed by atoms with Gasteiger partial charge in [-0.2, -0.15) is 0 Å². The fraction of sp³-hybridized carbons (Fsp3) is 0.182. The molecular weight excluding hydrogens is 252 g/mol. The maximum Gasteiger partial charge on any atom is 0.278 e. The zero-order chi connectivity index (χ0) is 13.0. The number of para-hydroxylation sites is 1. The minimum absolute atomic E-state index is 0.0156. The molecule has 4 N–H and O–H groups in total. The molecule has 2 rings (SSSR count). The van der Waals surface area contributed by atoms with E-state index in [9.17, 15) is 4.79 Å². The number of nitrogens with zero attached hydrogens (tertiary/aromatic N) is 2. The predicted octanol–water partition coefficient (Wildman–Crippen LogP) is 0.498. The van der Waals surface area contributed by atoms with E-state index in [4.69, 9.17) is 10.8 Å². The van der Waals surface area contributed by atoms with E-state index in [1.54, 1.807) is 24.3 Å². The first kappa shape index (κ1) is 12.6. The van der Waals surface area contributed by atoms with Crippen molar-refractivity contribution < 1.29 is 5.11 Å². The largest absolute Gasteiger partial charge is 0.398 e. The van der Waals surface area contributed by atoms with Crippen molar-refractivity contribution in [2.24, 2.45) is 0 Å². The molecule has 0 atom stereocenters. The molecular formula is C11H12N4O2S. The number of aliphatic hydroxyl groups excluding tert-OH is 1. The summed E-state index contributed by atoms with van der Waals surface area (Å²) in [6, 6.07) is 6.98. The van der Waals surface area contributed by atoms with Crippen LogP contribution in [0, 0.1) is 0 Å². The quantitative estimate of drug-likeness (QED) is 0.548. The Morgan fingerprint density at radius 1 is 1.33 bits per heavy atom. The summed E-state index contributed by atoms with van der Waals surface area (Å²) < 4.78 is 0. The summed E-state index contributed by atoms with van der Waals surface area (Å²) in [5, 5.41) is 16.8. The fourth-order valence-electron chi connectivity index (χ4n) is 1.42. The van der Waals surface area contributed by atoms with E-state index < -0.39 is 0 Å². The number of hydrogen-bond donors (Lipinski definition) is 3. The van der Waals surface area contributed by atoms with Crippen LogP contribution in [0.1, 0.15) is 0 Å². The van der Waals surface area contributed by atoms with Gasteiger partial charge in [-0.05, 0) is 6.07 Å². The molecule has 1 heterocycles. The monoisotopic (exact) mass is 264 g/mol.